The number of carboxylic acid groups (broad SMARTS) is 1. The van der Waals surface area contributed by atoms with Gasteiger partial charge in [-0.3, -0.25) is 9.71 Å². The Kier molecular flexibility index (Phi) is 5.67. The summed E-state index contributed by atoms with van der Waals surface area (Å²) >= 11 is 0. The lowest BCUT2D eigenvalue weighted by atomic mass is 9.80. The van der Waals surface area contributed by atoms with Crippen LogP contribution in [0.2, 0.25) is 0 Å². The van der Waals surface area contributed by atoms with Crippen molar-refractivity contribution in [1.82, 2.24) is 0 Å². The van der Waals surface area contributed by atoms with Crippen LogP contribution in [0.25, 0.3) is 0 Å². The lowest BCUT2D eigenvalue weighted by molar-refractivity contribution is 0.0698. The number of anilines is 1. The van der Waals surface area contributed by atoms with Crippen molar-refractivity contribution in [2.45, 2.75) is 58.6 Å². The van der Waals surface area contributed by atoms with Gasteiger partial charge >= 0.3 is 5.97 Å². The number of sulfonamides is 1. The molecular weight excluding hydrogens is 456 g/mol. The Labute approximate surface area is 200 Å². The molecule has 0 fully saturated rings. The van der Waals surface area contributed by atoms with Crippen molar-refractivity contribution in [2.24, 2.45) is 4.99 Å². The van der Waals surface area contributed by atoms with Crippen molar-refractivity contribution < 1.29 is 27.8 Å². The van der Waals surface area contributed by atoms with E-state index in [2.05, 4.69) is 4.72 Å². The van der Waals surface area contributed by atoms with Crippen molar-refractivity contribution in [2.75, 3.05) is 17.6 Å². The summed E-state index contributed by atoms with van der Waals surface area (Å²) in [5, 5.41) is 9.57. The van der Waals surface area contributed by atoms with E-state index in [1.54, 1.807) is 6.07 Å². The average molecular weight is 487 g/mol. The van der Waals surface area contributed by atoms with E-state index in [0.29, 0.717) is 42.2 Å². The minimum absolute atomic E-state index is 0.000656. The zero-order chi connectivity index (χ0) is 25.1. The minimum Gasteiger partial charge on any atom is -0.490 e. The highest BCUT2D eigenvalue weighted by molar-refractivity contribution is 7.92. The quantitative estimate of drug-likeness (QED) is 0.637. The molecule has 0 aliphatic carbocycles. The molecule has 2 aromatic carbocycles. The zero-order valence-electron chi connectivity index (χ0n) is 20.3. The fourth-order valence-corrected chi connectivity index (χ4v) is 5.27. The van der Waals surface area contributed by atoms with Crippen molar-refractivity contribution in [3.8, 4) is 11.5 Å². The first-order valence-corrected chi connectivity index (χ1v) is 13.0. The molecule has 2 aliphatic rings. The van der Waals surface area contributed by atoms with Gasteiger partial charge in [-0.25, -0.2) is 13.2 Å². The number of hydrogen-bond donors (Lipinski definition) is 2. The first-order valence-electron chi connectivity index (χ1n) is 11.2. The number of hydrogen-bond acceptors (Lipinski definition) is 6. The molecule has 9 heteroatoms. The van der Waals surface area contributed by atoms with Gasteiger partial charge in [0, 0.05) is 23.1 Å². The predicted molar refractivity (Wildman–Crippen MR) is 131 cm³/mol. The van der Waals surface area contributed by atoms with Gasteiger partial charge in [-0.15, -0.1) is 0 Å². The number of rotatable bonds is 6. The summed E-state index contributed by atoms with van der Waals surface area (Å²) in [6, 6.07) is 6.63. The molecule has 34 heavy (non-hydrogen) atoms. The summed E-state index contributed by atoms with van der Waals surface area (Å²) in [5.74, 6) is 0.190. The number of ether oxygens (including phenoxy) is 2. The van der Waals surface area contributed by atoms with Crippen molar-refractivity contribution in [3.05, 3.63) is 52.1 Å². The number of benzene rings is 2. The zero-order valence-corrected chi connectivity index (χ0v) is 21.1. The molecule has 182 valence electrons. The molecule has 0 atom stereocenters. The second-order valence-corrected chi connectivity index (χ2v) is 11.8. The maximum absolute atomic E-state index is 11.9. The van der Waals surface area contributed by atoms with Crippen LogP contribution in [0.4, 0.5) is 5.69 Å². The van der Waals surface area contributed by atoms with Gasteiger partial charge < -0.3 is 14.6 Å². The third-order valence-corrected chi connectivity index (χ3v) is 6.39. The second-order valence-electron chi connectivity index (χ2n) is 10.1. The maximum Gasteiger partial charge on any atom is 0.337 e. The van der Waals surface area contributed by atoms with Crippen LogP contribution in [0, 0.1) is 0 Å². The summed E-state index contributed by atoms with van der Waals surface area (Å²) in [7, 11) is -3.69. The Morgan fingerprint density at radius 1 is 1.21 bits per heavy atom. The van der Waals surface area contributed by atoms with E-state index in [0.717, 1.165) is 22.9 Å². The van der Waals surface area contributed by atoms with Crippen LogP contribution in [-0.2, 0) is 22.9 Å². The maximum atomic E-state index is 11.9. The third kappa shape index (κ3) is 4.61. The van der Waals surface area contributed by atoms with Gasteiger partial charge in [0.1, 0.15) is 5.60 Å². The third-order valence-electron chi connectivity index (χ3n) is 5.80. The molecule has 0 saturated carbocycles. The number of aliphatic imine (C=N–C) groups is 1. The number of nitrogens with one attached hydrogen (secondary N) is 1. The highest BCUT2D eigenvalue weighted by Crippen LogP contribution is 2.48. The molecule has 0 bridgehead atoms. The molecule has 0 amide bonds. The van der Waals surface area contributed by atoms with E-state index < -0.39 is 27.1 Å². The number of carbonyl (C=O) groups is 1. The molecule has 2 aromatic rings. The largest absolute Gasteiger partial charge is 0.490 e. The normalized spacial score (nSPS) is 17.8. The smallest absolute Gasteiger partial charge is 0.337 e. The first-order chi connectivity index (χ1) is 15.7. The molecule has 0 unspecified atom stereocenters. The molecule has 4 rings (SSSR count). The molecular formula is C25H30N2O6S. The standard InChI is InChI=1S/C25H30N2O6S/c1-7-32-19-11-15-12-24(2,3)26-21(20(15)17-13-25(4,5)33-22(17)19)14-8-9-16(23(28)29)18(10-14)27-34(6,30)31/h8-11,27H,7,12-13H2,1-6H3,(H,28,29). The molecule has 0 aromatic heterocycles. The van der Waals surface area contributed by atoms with E-state index >= 15 is 0 Å². The lowest BCUT2D eigenvalue weighted by Crippen LogP contribution is -2.31. The molecule has 0 saturated heterocycles. The van der Waals surface area contributed by atoms with Gasteiger partial charge in [-0.2, -0.15) is 0 Å². The van der Waals surface area contributed by atoms with Crippen LogP contribution in [0.15, 0.2) is 29.3 Å². The average Bonchev–Trinajstić information content (AvgIpc) is 3.00. The van der Waals surface area contributed by atoms with E-state index in [1.807, 2.05) is 40.7 Å². The van der Waals surface area contributed by atoms with Gasteiger partial charge in [-0.1, -0.05) is 6.07 Å². The lowest BCUT2D eigenvalue weighted by Gasteiger charge is -2.31. The molecule has 0 radical (unpaired) electrons. The van der Waals surface area contributed by atoms with E-state index in [4.69, 9.17) is 14.5 Å². The van der Waals surface area contributed by atoms with Gasteiger partial charge in [-0.05, 0) is 64.8 Å². The Bertz CT molecular complexity index is 1330. The Balaban J connectivity index is 1.96. The van der Waals surface area contributed by atoms with Gasteiger partial charge in [0.15, 0.2) is 11.5 Å². The minimum atomic E-state index is -3.69. The summed E-state index contributed by atoms with van der Waals surface area (Å²) in [6.07, 6.45) is 2.34. The number of nitrogens with zero attached hydrogens (tertiary/aromatic N) is 1. The predicted octanol–water partition coefficient (Wildman–Crippen LogP) is 4.04. The summed E-state index contributed by atoms with van der Waals surface area (Å²) < 4.78 is 38.4. The van der Waals surface area contributed by atoms with Crippen LogP contribution in [0.3, 0.4) is 0 Å². The van der Waals surface area contributed by atoms with Crippen molar-refractivity contribution >= 4 is 27.4 Å². The van der Waals surface area contributed by atoms with E-state index in [9.17, 15) is 18.3 Å². The molecule has 2 N–H and O–H groups in total. The summed E-state index contributed by atoms with van der Waals surface area (Å²) in [5.41, 5.74) is 3.34. The number of carboxylic acids is 1. The van der Waals surface area contributed by atoms with Crippen molar-refractivity contribution in [3.63, 3.8) is 0 Å². The Morgan fingerprint density at radius 3 is 2.53 bits per heavy atom. The SMILES string of the molecule is CCOc1cc2c(c3c1OC(C)(C)C3)C(c1ccc(C(=O)O)c(NS(C)(=O)=O)c1)=NC(C)(C)C2. The molecule has 0 spiro atoms. The topological polar surface area (TPSA) is 114 Å². The highest BCUT2D eigenvalue weighted by atomic mass is 32.2. The number of fused-ring (bicyclic) bond motifs is 3. The second kappa shape index (κ2) is 8.01. The molecule has 2 aliphatic heterocycles. The fourth-order valence-electron chi connectivity index (χ4n) is 4.70. The summed E-state index contributed by atoms with van der Waals surface area (Å²) in [6.45, 7) is 10.6. The fraction of sp³-hybridized carbons (Fsp3) is 0.440. The van der Waals surface area contributed by atoms with Gasteiger partial charge in [0.05, 0.1) is 35.4 Å². The van der Waals surface area contributed by atoms with Gasteiger partial charge in [0.25, 0.3) is 0 Å². The van der Waals surface area contributed by atoms with Crippen LogP contribution >= 0.6 is 0 Å². The van der Waals surface area contributed by atoms with Crippen LogP contribution in [0.5, 0.6) is 11.5 Å². The van der Waals surface area contributed by atoms with Crippen LogP contribution in [0.1, 0.15) is 67.2 Å². The Morgan fingerprint density at radius 2 is 1.91 bits per heavy atom. The molecule has 2 heterocycles. The van der Waals surface area contributed by atoms with E-state index in [1.165, 1.54) is 12.1 Å². The number of aromatic carboxylic acids is 1. The Hall–Kier alpha value is -3.07. The summed E-state index contributed by atoms with van der Waals surface area (Å²) in [4.78, 5) is 16.8. The monoisotopic (exact) mass is 486 g/mol. The highest BCUT2D eigenvalue weighted by Gasteiger charge is 2.40. The van der Waals surface area contributed by atoms with Crippen molar-refractivity contribution in [1.29, 1.82) is 0 Å². The van der Waals surface area contributed by atoms with Crippen LogP contribution in [-0.4, -0.2) is 49.2 Å². The van der Waals surface area contributed by atoms with Crippen LogP contribution < -0.4 is 14.2 Å². The molecule has 8 nitrogen and oxygen atoms in total. The van der Waals surface area contributed by atoms with Gasteiger partial charge in [0.2, 0.25) is 10.0 Å². The first kappa shape index (κ1) is 24.1. The van der Waals surface area contributed by atoms with E-state index in [-0.39, 0.29) is 11.3 Å².